The maximum atomic E-state index is 12.3. The minimum Gasteiger partial charge on any atom is -0.375 e. The molecule has 7 heteroatoms. The van der Waals surface area contributed by atoms with Crippen LogP contribution in [-0.2, 0) is 16.1 Å². The third-order valence-electron chi connectivity index (χ3n) is 4.72. The van der Waals surface area contributed by atoms with Crippen molar-refractivity contribution in [2.24, 2.45) is 5.92 Å². The number of hydrogen-bond acceptors (Lipinski definition) is 5. The highest BCUT2D eigenvalue weighted by molar-refractivity contribution is 5.92. The van der Waals surface area contributed by atoms with Crippen molar-refractivity contribution in [1.29, 1.82) is 0 Å². The predicted molar refractivity (Wildman–Crippen MR) is 86.2 cm³/mol. The van der Waals surface area contributed by atoms with E-state index in [9.17, 15) is 9.59 Å². The van der Waals surface area contributed by atoms with Crippen LogP contribution < -0.4 is 5.32 Å². The van der Waals surface area contributed by atoms with Gasteiger partial charge in [0.15, 0.2) is 11.5 Å². The standard InChI is InChI=1S/C17H25N3O4/c1-23-11-16(21)20(13-4-2-3-5-13)10-14-8-15(19-24-14)17(22)18-9-12-6-7-12/h8,12-13H,2-7,9-11H2,1H3,(H,18,22). The molecule has 0 radical (unpaired) electrons. The second-order valence-corrected chi connectivity index (χ2v) is 6.72. The lowest BCUT2D eigenvalue weighted by atomic mass is 10.2. The van der Waals surface area contributed by atoms with Gasteiger partial charge in [-0.1, -0.05) is 18.0 Å². The van der Waals surface area contributed by atoms with Gasteiger partial charge in [0.05, 0.1) is 6.54 Å². The number of methoxy groups -OCH3 is 1. The number of aromatic nitrogens is 1. The number of carbonyl (C=O) groups is 2. The van der Waals surface area contributed by atoms with E-state index in [-0.39, 0.29) is 30.2 Å². The van der Waals surface area contributed by atoms with E-state index < -0.39 is 0 Å². The largest absolute Gasteiger partial charge is 0.375 e. The van der Waals surface area contributed by atoms with E-state index in [0.717, 1.165) is 25.7 Å². The van der Waals surface area contributed by atoms with Crippen molar-refractivity contribution in [3.63, 3.8) is 0 Å². The molecule has 0 unspecified atom stereocenters. The molecule has 2 aliphatic carbocycles. The fraction of sp³-hybridized carbons (Fsp3) is 0.706. The van der Waals surface area contributed by atoms with Gasteiger partial charge in [-0.2, -0.15) is 0 Å². The molecule has 1 heterocycles. The minimum absolute atomic E-state index is 0.0549. The first-order valence-electron chi connectivity index (χ1n) is 8.69. The molecule has 2 fully saturated rings. The van der Waals surface area contributed by atoms with E-state index in [1.807, 2.05) is 0 Å². The quantitative estimate of drug-likeness (QED) is 0.782. The van der Waals surface area contributed by atoms with E-state index in [0.29, 0.717) is 24.8 Å². The zero-order valence-corrected chi connectivity index (χ0v) is 14.1. The SMILES string of the molecule is COCC(=O)N(Cc1cc(C(=O)NCC2CC2)no1)C1CCCC1. The van der Waals surface area contributed by atoms with Gasteiger partial charge in [-0.25, -0.2) is 0 Å². The van der Waals surface area contributed by atoms with E-state index in [4.69, 9.17) is 9.26 Å². The minimum atomic E-state index is -0.215. The van der Waals surface area contributed by atoms with Crippen LogP contribution in [0.15, 0.2) is 10.6 Å². The molecule has 1 aromatic heterocycles. The summed E-state index contributed by atoms with van der Waals surface area (Å²) in [5, 5.41) is 6.71. The van der Waals surface area contributed by atoms with Crippen LogP contribution in [0.2, 0.25) is 0 Å². The molecule has 0 bridgehead atoms. The molecule has 2 saturated carbocycles. The van der Waals surface area contributed by atoms with E-state index in [1.54, 1.807) is 11.0 Å². The number of rotatable bonds is 8. The number of nitrogens with one attached hydrogen (secondary N) is 1. The zero-order chi connectivity index (χ0) is 16.9. The third-order valence-corrected chi connectivity index (χ3v) is 4.72. The molecular formula is C17H25N3O4. The Morgan fingerprint density at radius 2 is 2.08 bits per heavy atom. The molecule has 24 heavy (non-hydrogen) atoms. The number of amides is 2. The first-order chi connectivity index (χ1) is 11.7. The molecule has 0 atom stereocenters. The van der Waals surface area contributed by atoms with Gasteiger partial charge in [-0.3, -0.25) is 9.59 Å². The summed E-state index contributed by atoms with van der Waals surface area (Å²) in [6.45, 7) is 1.08. The predicted octanol–water partition coefficient (Wildman–Crippen LogP) is 1.73. The Bertz CT molecular complexity index is 576. The molecule has 132 valence electrons. The number of ether oxygens (including phenoxy) is 1. The van der Waals surface area contributed by atoms with Crippen molar-refractivity contribution in [3.05, 3.63) is 17.5 Å². The van der Waals surface area contributed by atoms with Crippen LogP contribution in [-0.4, -0.2) is 48.2 Å². The molecule has 2 aliphatic rings. The molecule has 3 rings (SSSR count). The second kappa shape index (κ2) is 7.79. The summed E-state index contributed by atoms with van der Waals surface area (Å²) < 4.78 is 10.3. The molecule has 2 amide bonds. The summed E-state index contributed by atoms with van der Waals surface area (Å²) in [6, 6.07) is 1.84. The summed E-state index contributed by atoms with van der Waals surface area (Å²) in [4.78, 5) is 26.1. The molecule has 0 aliphatic heterocycles. The van der Waals surface area contributed by atoms with Crippen LogP contribution in [0.1, 0.15) is 54.8 Å². The summed E-state index contributed by atoms with van der Waals surface area (Å²) in [5.41, 5.74) is 0.274. The average Bonchev–Trinajstić information content (AvgIpc) is 3.05. The summed E-state index contributed by atoms with van der Waals surface area (Å²) in [5.74, 6) is 0.876. The van der Waals surface area contributed by atoms with Crippen LogP contribution in [0.4, 0.5) is 0 Å². The highest BCUT2D eigenvalue weighted by Crippen LogP contribution is 2.28. The average molecular weight is 335 g/mol. The van der Waals surface area contributed by atoms with Gasteiger partial charge >= 0.3 is 0 Å². The van der Waals surface area contributed by atoms with Crippen LogP contribution in [0.3, 0.4) is 0 Å². The summed E-state index contributed by atoms with van der Waals surface area (Å²) >= 11 is 0. The zero-order valence-electron chi connectivity index (χ0n) is 14.1. The molecule has 0 aromatic carbocycles. The van der Waals surface area contributed by atoms with Crippen LogP contribution >= 0.6 is 0 Å². The Hall–Kier alpha value is -1.89. The Kier molecular flexibility index (Phi) is 5.50. The molecule has 1 aromatic rings. The highest BCUT2D eigenvalue weighted by Gasteiger charge is 2.28. The van der Waals surface area contributed by atoms with Crippen molar-refractivity contribution >= 4 is 11.8 Å². The lowest BCUT2D eigenvalue weighted by Gasteiger charge is -2.27. The van der Waals surface area contributed by atoms with Crippen LogP contribution in [0, 0.1) is 5.92 Å². The van der Waals surface area contributed by atoms with E-state index in [1.165, 1.54) is 20.0 Å². The monoisotopic (exact) mass is 335 g/mol. The van der Waals surface area contributed by atoms with Crippen molar-refractivity contribution in [2.75, 3.05) is 20.3 Å². The summed E-state index contributed by atoms with van der Waals surface area (Å²) in [6.07, 6.45) is 6.63. The Labute approximate surface area is 141 Å². The lowest BCUT2D eigenvalue weighted by molar-refractivity contribution is -0.138. The maximum absolute atomic E-state index is 12.3. The van der Waals surface area contributed by atoms with Gasteiger partial charge in [0.2, 0.25) is 5.91 Å². The third kappa shape index (κ3) is 4.35. The fourth-order valence-corrected chi connectivity index (χ4v) is 3.16. The molecule has 1 N–H and O–H groups in total. The molecule has 0 saturated heterocycles. The number of hydrogen-bond donors (Lipinski definition) is 1. The number of carbonyl (C=O) groups excluding carboxylic acids is 2. The lowest BCUT2D eigenvalue weighted by Crippen LogP contribution is -2.40. The van der Waals surface area contributed by atoms with Gasteiger partial charge in [0.1, 0.15) is 6.61 Å². The van der Waals surface area contributed by atoms with Crippen molar-refractivity contribution < 1.29 is 18.8 Å². The smallest absolute Gasteiger partial charge is 0.273 e. The first-order valence-corrected chi connectivity index (χ1v) is 8.69. The van der Waals surface area contributed by atoms with Crippen molar-refractivity contribution in [1.82, 2.24) is 15.4 Å². The highest BCUT2D eigenvalue weighted by atomic mass is 16.5. The van der Waals surface area contributed by atoms with E-state index >= 15 is 0 Å². The maximum Gasteiger partial charge on any atom is 0.273 e. The normalized spacial score (nSPS) is 17.9. The second-order valence-electron chi connectivity index (χ2n) is 6.72. The molecule has 7 nitrogen and oxygen atoms in total. The number of nitrogens with zero attached hydrogens (tertiary/aromatic N) is 2. The Balaban J connectivity index is 1.61. The Morgan fingerprint density at radius 1 is 1.33 bits per heavy atom. The molecular weight excluding hydrogens is 310 g/mol. The summed E-state index contributed by atoms with van der Waals surface area (Å²) in [7, 11) is 1.52. The van der Waals surface area contributed by atoms with Crippen molar-refractivity contribution in [3.8, 4) is 0 Å². The topological polar surface area (TPSA) is 84.7 Å². The van der Waals surface area contributed by atoms with Gasteiger partial charge in [-0.05, 0) is 31.6 Å². The first kappa shape index (κ1) is 17.0. The van der Waals surface area contributed by atoms with Crippen molar-refractivity contribution in [2.45, 2.75) is 51.1 Å². The van der Waals surface area contributed by atoms with Gasteiger partial charge in [-0.15, -0.1) is 0 Å². The molecule has 0 spiro atoms. The van der Waals surface area contributed by atoms with Gasteiger partial charge < -0.3 is 19.5 Å². The fourth-order valence-electron chi connectivity index (χ4n) is 3.16. The van der Waals surface area contributed by atoms with Crippen LogP contribution in [0.25, 0.3) is 0 Å². The van der Waals surface area contributed by atoms with Gasteiger partial charge in [0.25, 0.3) is 5.91 Å². The van der Waals surface area contributed by atoms with Crippen LogP contribution in [0.5, 0.6) is 0 Å². The Morgan fingerprint density at radius 3 is 2.75 bits per heavy atom. The van der Waals surface area contributed by atoms with E-state index in [2.05, 4.69) is 10.5 Å². The van der Waals surface area contributed by atoms with Gasteiger partial charge in [0, 0.05) is 25.8 Å².